The molecule has 1 unspecified atom stereocenters. The number of nitrogens with one attached hydrogen (secondary N) is 1. The maximum atomic E-state index is 13.7. The van der Waals surface area contributed by atoms with E-state index < -0.39 is 0 Å². The first-order chi connectivity index (χ1) is 10.1. The van der Waals surface area contributed by atoms with E-state index >= 15 is 0 Å². The second-order valence-corrected chi connectivity index (χ2v) is 4.86. The van der Waals surface area contributed by atoms with E-state index in [0.29, 0.717) is 6.61 Å². The van der Waals surface area contributed by atoms with E-state index in [2.05, 4.69) is 5.32 Å². The summed E-state index contributed by atoms with van der Waals surface area (Å²) in [6.45, 7) is 2.26. The number of benzene rings is 2. The van der Waals surface area contributed by atoms with E-state index in [1.807, 2.05) is 38.2 Å². The van der Waals surface area contributed by atoms with Crippen LogP contribution in [0.1, 0.15) is 17.2 Å². The molecule has 0 heterocycles. The van der Waals surface area contributed by atoms with Gasteiger partial charge in [0.05, 0.1) is 13.2 Å². The van der Waals surface area contributed by atoms with Crippen molar-refractivity contribution in [3.05, 3.63) is 59.4 Å². The largest absolute Gasteiger partial charge is 0.497 e. The molecule has 4 heteroatoms. The lowest BCUT2D eigenvalue weighted by Crippen LogP contribution is -2.23. The molecule has 0 aromatic heterocycles. The van der Waals surface area contributed by atoms with Crippen molar-refractivity contribution in [3.63, 3.8) is 0 Å². The van der Waals surface area contributed by atoms with Crippen LogP contribution in [0.3, 0.4) is 0 Å². The van der Waals surface area contributed by atoms with Gasteiger partial charge in [0.15, 0.2) is 11.6 Å². The second kappa shape index (κ2) is 7.09. The van der Waals surface area contributed by atoms with Crippen LogP contribution >= 0.6 is 0 Å². The van der Waals surface area contributed by atoms with Gasteiger partial charge in [0.2, 0.25) is 0 Å². The van der Waals surface area contributed by atoms with Crippen LogP contribution in [-0.4, -0.2) is 20.8 Å². The Hall–Kier alpha value is -2.07. The summed E-state index contributed by atoms with van der Waals surface area (Å²) in [4.78, 5) is 0. The average Bonchev–Trinajstić information content (AvgIpc) is 2.51. The van der Waals surface area contributed by atoms with Crippen LogP contribution in [0.4, 0.5) is 4.39 Å². The third-order valence-electron chi connectivity index (χ3n) is 3.36. The molecule has 21 heavy (non-hydrogen) atoms. The highest BCUT2D eigenvalue weighted by Gasteiger charge is 2.12. The van der Waals surface area contributed by atoms with Gasteiger partial charge in [-0.15, -0.1) is 0 Å². The average molecular weight is 289 g/mol. The molecular formula is C17H20FNO2. The van der Waals surface area contributed by atoms with E-state index in [1.54, 1.807) is 19.2 Å². The number of methoxy groups -OCH3 is 1. The molecule has 0 spiro atoms. The molecule has 1 N–H and O–H groups in total. The molecule has 0 aliphatic heterocycles. The summed E-state index contributed by atoms with van der Waals surface area (Å²) < 4.78 is 24.4. The zero-order valence-corrected chi connectivity index (χ0v) is 12.5. The number of rotatable bonds is 6. The standard InChI is InChI=1S/C17H20FNO2/c1-12-4-9-15(18)17(10-12)21-11-16(19-2)13-5-7-14(20-3)8-6-13/h4-10,16,19H,11H2,1-3H3. The molecule has 3 nitrogen and oxygen atoms in total. The summed E-state index contributed by atoms with van der Waals surface area (Å²) in [6, 6.07) is 12.6. The second-order valence-electron chi connectivity index (χ2n) is 4.86. The monoisotopic (exact) mass is 289 g/mol. The quantitative estimate of drug-likeness (QED) is 0.883. The molecule has 2 rings (SSSR count). The lowest BCUT2D eigenvalue weighted by atomic mass is 10.1. The Morgan fingerprint density at radius 2 is 1.86 bits per heavy atom. The van der Waals surface area contributed by atoms with Gasteiger partial charge in [0.1, 0.15) is 12.4 Å². The summed E-state index contributed by atoms with van der Waals surface area (Å²) in [5, 5.41) is 3.17. The van der Waals surface area contributed by atoms with Crippen LogP contribution in [0.5, 0.6) is 11.5 Å². The Morgan fingerprint density at radius 1 is 1.14 bits per heavy atom. The Kier molecular flexibility index (Phi) is 5.17. The summed E-state index contributed by atoms with van der Waals surface area (Å²) in [5.41, 5.74) is 2.03. The van der Waals surface area contributed by atoms with Crippen molar-refractivity contribution in [3.8, 4) is 11.5 Å². The summed E-state index contributed by atoms with van der Waals surface area (Å²) in [6.07, 6.45) is 0. The highest BCUT2D eigenvalue weighted by atomic mass is 19.1. The molecule has 0 bridgehead atoms. The van der Waals surface area contributed by atoms with Crippen LogP contribution < -0.4 is 14.8 Å². The van der Waals surface area contributed by atoms with Crippen LogP contribution in [0.25, 0.3) is 0 Å². The van der Waals surface area contributed by atoms with Gasteiger partial charge in [0.25, 0.3) is 0 Å². The van der Waals surface area contributed by atoms with Crippen molar-refractivity contribution in [2.75, 3.05) is 20.8 Å². The van der Waals surface area contributed by atoms with E-state index in [4.69, 9.17) is 9.47 Å². The van der Waals surface area contributed by atoms with Gasteiger partial charge < -0.3 is 14.8 Å². The molecule has 2 aromatic carbocycles. The number of aryl methyl sites for hydroxylation is 1. The van der Waals surface area contributed by atoms with E-state index in [9.17, 15) is 4.39 Å². The highest BCUT2D eigenvalue weighted by molar-refractivity contribution is 5.31. The van der Waals surface area contributed by atoms with Gasteiger partial charge in [-0.2, -0.15) is 0 Å². The van der Waals surface area contributed by atoms with Crippen molar-refractivity contribution in [2.45, 2.75) is 13.0 Å². The van der Waals surface area contributed by atoms with Crippen molar-refractivity contribution >= 4 is 0 Å². The molecule has 0 aliphatic carbocycles. The van der Waals surface area contributed by atoms with Crippen LogP contribution in [-0.2, 0) is 0 Å². The van der Waals surface area contributed by atoms with E-state index in [0.717, 1.165) is 16.9 Å². The Balaban J connectivity index is 2.06. The van der Waals surface area contributed by atoms with Crippen LogP contribution in [0.2, 0.25) is 0 Å². The molecule has 1 atom stereocenters. The summed E-state index contributed by atoms with van der Waals surface area (Å²) in [7, 11) is 3.49. The summed E-state index contributed by atoms with van der Waals surface area (Å²) in [5.74, 6) is 0.744. The lowest BCUT2D eigenvalue weighted by molar-refractivity contribution is 0.261. The topological polar surface area (TPSA) is 30.5 Å². The molecule has 2 aromatic rings. The molecule has 0 fully saturated rings. The van der Waals surface area contributed by atoms with Crippen molar-refractivity contribution in [1.29, 1.82) is 0 Å². The van der Waals surface area contributed by atoms with E-state index in [-0.39, 0.29) is 17.6 Å². The molecule has 0 aliphatic rings. The zero-order valence-electron chi connectivity index (χ0n) is 12.5. The van der Waals surface area contributed by atoms with Crippen molar-refractivity contribution in [1.82, 2.24) is 5.32 Å². The number of hydrogen-bond donors (Lipinski definition) is 1. The van der Waals surface area contributed by atoms with Gasteiger partial charge in [-0.05, 0) is 49.4 Å². The fraction of sp³-hybridized carbons (Fsp3) is 0.294. The van der Waals surface area contributed by atoms with Gasteiger partial charge >= 0.3 is 0 Å². The Bertz CT molecular complexity index is 584. The summed E-state index contributed by atoms with van der Waals surface area (Å²) >= 11 is 0. The van der Waals surface area contributed by atoms with Gasteiger partial charge in [-0.25, -0.2) is 4.39 Å². The van der Waals surface area contributed by atoms with Crippen molar-refractivity contribution in [2.24, 2.45) is 0 Å². The van der Waals surface area contributed by atoms with Gasteiger partial charge in [0, 0.05) is 0 Å². The number of halogens is 1. The van der Waals surface area contributed by atoms with Crippen LogP contribution in [0, 0.1) is 12.7 Å². The molecule has 112 valence electrons. The normalized spacial score (nSPS) is 12.0. The first kappa shape index (κ1) is 15.3. The lowest BCUT2D eigenvalue weighted by Gasteiger charge is -2.18. The van der Waals surface area contributed by atoms with Crippen LogP contribution in [0.15, 0.2) is 42.5 Å². The minimum Gasteiger partial charge on any atom is -0.497 e. The molecule has 0 amide bonds. The maximum absolute atomic E-state index is 13.7. The van der Waals surface area contributed by atoms with E-state index in [1.165, 1.54) is 6.07 Å². The van der Waals surface area contributed by atoms with Crippen molar-refractivity contribution < 1.29 is 13.9 Å². The molecule has 0 saturated heterocycles. The first-order valence-electron chi connectivity index (χ1n) is 6.84. The predicted molar refractivity (Wildman–Crippen MR) is 81.4 cm³/mol. The Morgan fingerprint density at radius 3 is 2.48 bits per heavy atom. The fourth-order valence-corrected chi connectivity index (χ4v) is 2.08. The smallest absolute Gasteiger partial charge is 0.165 e. The number of likely N-dealkylation sites (N-methyl/N-ethyl adjacent to an activating group) is 1. The molecule has 0 saturated carbocycles. The highest BCUT2D eigenvalue weighted by Crippen LogP contribution is 2.22. The predicted octanol–water partition coefficient (Wildman–Crippen LogP) is 3.48. The van der Waals surface area contributed by atoms with Gasteiger partial charge in [-0.3, -0.25) is 0 Å². The maximum Gasteiger partial charge on any atom is 0.165 e. The minimum atomic E-state index is -0.342. The third-order valence-corrected chi connectivity index (χ3v) is 3.36. The number of hydrogen-bond acceptors (Lipinski definition) is 3. The number of ether oxygens (including phenoxy) is 2. The third kappa shape index (κ3) is 3.95. The fourth-order valence-electron chi connectivity index (χ4n) is 2.08. The SMILES string of the molecule is CNC(COc1cc(C)ccc1F)c1ccc(OC)cc1. The molecule has 0 radical (unpaired) electrons. The van der Waals surface area contributed by atoms with Gasteiger partial charge in [-0.1, -0.05) is 18.2 Å². The zero-order chi connectivity index (χ0) is 15.2. The minimum absolute atomic E-state index is 0.0178. The Labute approximate surface area is 124 Å². The first-order valence-corrected chi connectivity index (χ1v) is 6.84. The molecular weight excluding hydrogens is 269 g/mol.